The molecule has 3 nitrogen and oxygen atoms in total. The van der Waals surface area contributed by atoms with Gasteiger partial charge in [-0.15, -0.1) is 0 Å². The van der Waals surface area contributed by atoms with Crippen LogP contribution in [0, 0.1) is 5.92 Å². The van der Waals surface area contributed by atoms with E-state index in [0.717, 1.165) is 18.3 Å². The number of ether oxygens (including phenoxy) is 1. The third kappa shape index (κ3) is 4.39. The average Bonchev–Trinajstić information content (AvgIpc) is 3.11. The van der Waals surface area contributed by atoms with Gasteiger partial charge in [-0.3, -0.25) is 0 Å². The van der Waals surface area contributed by atoms with Crippen LogP contribution in [0.1, 0.15) is 24.8 Å². The van der Waals surface area contributed by atoms with Crippen LogP contribution in [0.2, 0.25) is 0 Å². The van der Waals surface area contributed by atoms with Crippen LogP contribution in [0.3, 0.4) is 0 Å². The van der Waals surface area contributed by atoms with Crippen LogP contribution in [0.5, 0.6) is 5.75 Å². The van der Waals surface area contributed by atoms with Gasteiger partial charge >= 0.3 is 0 Å². The van der Waals surface area contributed by atoms with Gasteiger partial charge in [0, 0.05) is 25.3 Å². The van der Waals surface area contributed by atoms with Crippen LogP contribution < -0.4 is 9.64 Å². The molecular formula is C23H30N2O. The van der Waals surface area contributed by atoms with Crippen LogP contribution in [0.4, 0.5) is 5.69 Å². The minimum atomic E-state index is 0.822. The van der Waals surface area contributed by atoms with Crippen molar-refractivity contribution in [2.45, 2.75) is 25.7 Å². The molecule has 1 saturated heterocycles. The zero-order chi connectivity index (χ0) is 17.6. The van der Waals surface area contributed by atoms with Gasteiger partial charge in [0.05, 0.1) is 6.61 Å². The summed E-state index contributed by atoms with van der Waals surface area (Å²) in [6.07, 6.45) is 5.02. The number of piperidine rings is 1. The van der Waals surface area contributed by atoms with Crippen molar-refractivity contribution in [2.24, 2.45) is 5.92 Å². The van der Waals surface area contributed by atoms with Crippen LogP contribution in [0.15, 0.2) is 54.6 Å². The maximum atomic E-state index is 5.86. The normalized spacial score (nSPS) is 18.1. The number of para-hydroxylation sites is 2. The van der Waals surface area contributed by atoms with E-state index >= 15 is 0 Å². The minimum absolute atomic E-state index is 0.822. The minimum Gasteiger partial charge on any atom is -0.494 e. The Kier molecular flexibility index (Phi) is 5.75. The molecule has 0 bridgehead atoms. The lowest BCUT2D eigenvalue weighted by atomic mass is 9.94. The van der Waals surface area contributed by atoms with Crippen molar-refractivity contribution in [1.29, 1.82) is 0 Å². The standard InChI is InChI=1S/C23H30N2O/c1-2-7-22(8-3-1)26-19-13-20-10-14-24(15-11-20)17-18-25-16-12-21-6-4-5-9-23(21)25/h1-9,20H,10-19H2. The first kappa shape index (κ1) is 17.4. The van der Waals surface area contributed by atoms with E-state index in [1.54, 1.807) is 0 Å². The lowest BCUT2D eigenvalue weighted by Gasteiger charge is -2.33. The Morgan fingerprint density at radius 1 is 0.846 bits per heavy atom. The van der Waals surface area contributed by atoms with Gasteiger partial charge in [-0.25, -0.2) is 0 Å². The van der Waals surface area contributed by atoms with Gasteiger partial charge in [0.1, 0.15) is 5.75 Å². The predicted octanol–water partition coefficient (Wildman–Crippen LogP) is 4.23. The monoisotopic (exact) mass is 350 g/mol. The highest BCUT2D eigenvalue weighted by molar-refractivity contribution is 5.57. The van der Waals surface area contributed by atoms with E-state index in [9.17, 15) is 0 Å². The zero-order valence-corrected chi connectivity index (χ0v) is 15.6. The molecule has 2 aliphatic rings. The molecule has 0 atom stereocenters. The smallest absolute Gasteiger partial charge is 0.119 e. The Balaban J connectivity index is 1.14. The lowest BCUT2D eigenvalue weighted by molar-refractivity contribution is 0.166. The first-order chi connectivity index (χ1) is 12.9. The van der Waals surface area contributed by atoms with Crippen molar-refractivity contribution in [3.63, 3.8) is 0 Å². The van der Waals surface area contributed by atoms with Crippen molar-refractivity contribution < 1.29 is 4.74 Å². The molecule has 138 valence electrons. The maximum Gasteiger partial charge on any atom is 0.119 e. The van der Waals surface area contributed by atoms with E-state index in [1.165, 1.54) is 69.7 Å². The average molecular weight is 351 g/mol. The Morgan fingerprint density at radius 2 is 1.62 bits per heavy atom. The molecule has 0 unspecified atom stereocenters. The van der Waals surface area contributed by atoms with Crippen LogP contribution in [-0.4, -0.2) is 44.2 Å². The molecule has 3 heteroatoms. The highest BCUT2D eigenvalue weighted by Gasteiger charge is 2.22. The lowest BCUT2D eigenvalue weighted by Crippen LogP contribution is -2.39. The van der Waals surface area contributed by atoms with Gasteiger partial charge in [0.25, 0.3) is 0 Å². The summed E-state index contributed by atoms with van der Waals surface area (Å²) in [5.74, 6) is 1.82. The molecule has 2 aromatic rings. The van der Waals surface area contributed by atoms with E-state index < -0.39 is 0 Å². The van der Waals surface area contributed by atoms with Gasteiger partial charge in [-0.05, 0) is 68.5 Å². The molecule has 26 heavy (non-hydrogen) atoms. The summed E-state index contributed by atoms with van der Waals surface area (Å²) < 4.78 is 5.86. The molecule has 0 N–H and O–H groups in total. The first-order valence-corrected chi connectivity index (χ1v) is 10.1. The molecule has 2 aliphatic heterocycles. The summed E-state index contributed by atoms with van der Waals surface area (Å²) in [5, 5.41) is 0. The summed E-state index contributed by atoms with van der Waals surface area (Å²) in [7, 11) is 0. The summed E-state index contributed by atoms with van der Waals surface area (Å²) in [4.78, 5) is 5.21. The molecule has 2 aromatic carbocycles. The number of hydrogen-bond acceptors (Lipinski definition) is 3. The van der Waals surface area contributed by atoms with Crippen LogP contribution in [-0.2, 0) is 6.42 Å². The van der Waals surface area contributed by atoms with E-state index in [1.807, 2.05) is 30.3 Å². The third-order valence-electron chi connectivity index (χ3n) is 5.91. The zero-order valence-electron chi connectivity index (χ0n) is 15.6. The highest BCUT2D eigenvalue weighted by atomic mass is 16.5. The second-order valence-corrected chi connectivity index (χ2v) is 7.60. The van der Waals surface area contributed by atoms with Gasteiger partial charge in [-0.2, -0.15) is 0 Å². The van der Waals surface area contributed by atoms with Gasteiger partial charge in [0.2, 0.25) is 0 Å². The summed E-state index contributed by atoms with van der Waals surface area (Å²) in [6, 6.07) is 19.1. The van der Waals surface area contributed by atoms with Crippen LogP contribution in [0.25, 0.3) is 0 Å². The number of hydrogen-bond donors (Lipinski definition) is 0. The molecule has 0 saturated carbocycles. The fraction of sp³-hybridized carbons (Fsp3) is 0.478. The van der Waals surface area contributed by atoms with Crippen LogP contribution >= 0.6 is 0 Å². The second kappa shape index (κ2) is 8.59. The Hall–Kier alpha value is -2.00. The number of anilines is 1. The SMILES string of the molecule is c1ccc(OCCC2CCN(CCN3CCc4ccccc43)CC2)cc1. The van der Waals surface area contributed by atoms with Crippen molar-refractivity contribution in [3.8, 4) is 5.75 Å². The number of rotatable bonds is 7. The molecule has 0 amide bonds. The number of nitrogens with zero attached hydrogens (tertiary/aromatic N) is 2. The summed E-state index contributed by atoms with van der Waals surface area (Å²) in [5.41, 5.74) is 2.98. The predicted molar refractivity (Wildman–Crippen MR) is 108 cm³/mol. The topological polar surface area (TPSA) is 15.7 Å². The molecular weight excluding hydrogens is 320 g/mol. The highest BCUT2D eigenvalue weighted by Crippen LogP contribution is 2.27. The molecule has 0 spiro atoms. The van der Waals surface area contributed by atoms with Crippen molar-refractivity contribution in [2.75, 3.05) is 44.2 Å². The maximum absolute atomic E-state index is 5.86. The number of fused-ring (bicyclic) bond motifs is 1. The van der Waals surface area contributed by atoms with Crippen molar-refractivity contribution in [3.05, 3.63) is 60.2 Å². The molecule has 0 radical (unpaired) electrons. The molecule has 0 aromatic heterocycles. The third-order valence-corrected chi connectivity index (χ3v) is 5.91. The number of likely N-dealkylation sites (tertiary alicyclic amines) is 1. The Bertz CT molecular complexity index is 680. The molecule has 0 aliphatic carbocycles. The second-order valence-electron chi connectivity index (χ2n) is 7.60. The largest absolute Gasteiger partial charge is 0.494 e. The fourth-order valence-electron chi connectivity index (χ4n) is 4.26. The number of benzene rings is 2. The first-order valence-electron chi connectivity index (χ1n) is 10.1. The van der Waals surface area contributed by atoms with E-state index in [-0.39, 0.29) is 0 Å². The fourth-order valence-corrected chi connectivity index (χ4v) is 4.26. The van der Waals surface area contributed by atoms with Gasteiger partial charge < -0.3 is 14.5 Å². The van der Waals surface area contributed by atoms with E-state index in [0.29, 0.717) is 0 Å². The van der Waals surface area contributed by atoms with Gasteiger partial charge in [0.15, 0.2) is 0 Å². The summed E-state index contributed by atoms with van der Waals surface area (Å²) >= 11 is 0. The molecule has 4 rings (SSSR count). The molecule has 2 heterocycles. The Labute approximate surface area is 157 Å². The van der Waals surface area contributed by atoms with Crippen molar-refractivity contribution >= 4 is 5.69 Å². The molecule has 1 fully saturated rings. The van der Waals surface area contributed by atoms with E-state index in [2.05, 4.69) is 34.1 Å². The summed E-state index contributed by atoms with van der Waals surface area (Å²) in [6.45, 7) is 6.88. The van der Waals surface area contributed by atoms with Gasteiger partial charge in [-0.1, -0.05) is 36.4 Å². The Morgan fingerprint density at radius 3 is 2.46 bits per heavy atom. The van der Waals surface area contributed by atoms with Crippen molar-refractivity contribution in [1.82, 2.24) is 4.90 Å². The quantitative estimate of drug-likeness (QED) is 0.743. The van der Waals surface area contributed by atoms with E-state index in [4.69, 9.17) is 4.74 Å².